The fraction of sp³-hybridized carbons (Fsp3) is 0.241. The van der Waals surface area contributed by atoms with Gasteiger partial charge >= 0.3 is 0 Å². The average Bonchev–Trinajstić information content (AvgIpc) is 2.87. The Kier molecular flexibility index (Phi) is 6.15. The Bertz CT molecular complexity index is 1410. The zero-order valence-corrected chi connectivity index (χ0v) is 19.5. The van der Waals surface area contributed by atoms with Crippen molar-refractivity contribution >= 4 is 16.6 Å². The standard InChI is InChI=1S/C29H26N2O4/c1-2-33-26-15-19(27-22(16-30)29(31)35-25-12-6-11-23(32)28(25)27)13-14-24(26)34-17-20-9-5-8-18-7-3-4-10-21(18)20/h3-5,7-10,13-15,27H,2,6,11-12,17,31H2,1H3/t27-/m1/s1. The van der Waals surface area contributed by atoms with Crippen LogP contribution in [0.2, 0.25) is 0 Å². The summed E-state index contributed by atoms with van der Waals surface area (Å²) >= 11 is 0. The van der Waals surface area contributed by atoms with Crippen molar-refractivity contribution in [1.29, 1.82) is 5.26 Å². The maximum atomic E-state index is 12.9. The molecule has 2 N–H and O–H groups in total. The molecule has 35 heavy (non-hydrogen) atoms. The molecule has 6 nitrogen and oxygen atoms in total. The summed E-state index contributed by atoms with van der Waals surface area (Å²) in [6, 6.07) is 22.0. The molecule has 1 aliphatic heterocycles. The third kappa shape index (κ3) is 4.22. The van der Waals surface area contributed by atoms with Crippen molar-refractivity contribution < 1.29 is 19.0 Å². The van der Waals surface area contributed by atoms with Crippen LogP contribution < -0.4 is 15.2 Å². The topological polar surface area (TPSA) is 94.6 Å². The van der Waals surface area contributed by atoms with Crippen molar-refractivity contribution in [3.63, 3.8) is 0 Å². The monoisotopic (exact) mass is 466 g/mol. The first-order valence-electron chi connectivity index (χ1n) is 11.8. The van der Waals surface area contributed by atoms with Crippen LogP contribution in [0.4, 0.5) is 0 Å². The van der Waals surface area contributed by atoms with E-state index in [1.165, 1.54) is 0 Å². The van der Waals surface area contributed by atoms with Gasteiger partial charge in [0.2, 0.25) is 5.88 Å². The van der Waals surface area contributed by atoms with E-state index in [2.05, 4.69) is 30.3 Å². The highest BCUT2D eigenvalue weighted by Crippen LogP contribution is 2.45. The van der Waals surface area contributed by atoms with E-state index in [-0.39, 0.29) is 17.2 Å². The van der Waals surface area contributed by atoms with Crippen molar-refractivity contribution in [2.75, 3.05) is 6.61 Å². The number of nitrogens with two attached hydrogens (primary N) is 1. The summed E-state index contributed by atoms with van der Waals surface area (Å²) in [6.45, 7) is 2.72. The average molecular weight is 467 g/mol. The van der Waals surface area contributed by atoms with Gasteiger partial charge in [-0.15, -0.1) is 0 Å². The van der Waals surface area contributed by atoms with Crippen LogP contribution in [-0.4, -0.2) is 12.4 Å². The third-order valence-electron chi connectivity index (χ3n) is 6.47. The molecule has 1 heterocycles. The second-order valence-electron chi connectivity index (χ2n) is 8.60. The number of nitriles is 1. The molecule has 0 fully saturated rings. The van der Waals surface area contributed by atoms with Crippen molar-refractivity contribution in [3.05, 3.63) is 94.6 Å². The number of hydrogen-bond acceptors (Lipinski definition) is 6. The second-order valence-corrected chi connectivity index (χ2v) is 8.60. The van der Waals surface area contributed by atoms with Gasteiger partial charge in [-0.25, -0.2) is 0 Å². The molecule has 1 aliphatic carbocycles. The SMILES string of the molecule is CCOc1cc([C@@H]2C(C#N)=C(N)OC3=C2C(=O)CCC3)ccc1OCc1cccc2ccccc12. The highest BCUT2D eigenvalue weighted by Gasteiger charge is 2.38. The second kappa shape index (κ2) is 9.55. The van der Waals surface area contributed by atoms with Crippen LogP contribution in [0, 0.1) is 11.3 Å². The Balaban J connectivity index is 1.50. The lowest BCUT2D eigenvalue weighted by Gasteiger charge is -2.31. The molecule has 0 radical (unpaired) electrons. The number of carbonyl (C=O) groups is 1. The first-order valence-corrected chi connectivity index (χ1v) is 11.8. The van der Waals surface area contributed by atoms with E-state index in [1.807, 2.05) is 43.3 Å². The highest BCUT2D eigenvalue weighted by molar-refractivity contribution is 5.99. The van der Waals surface area contributed by atoms with Crippen LogP contribution in [0.15, 0.2) is 83.5 Å². The van der Waals surface area contributed by atoms with Crippen LogP contribution in [0.5, 0.6) is 11.5 Å². The molecule has 0 bridgehead atoms. The number of hydrogen-bond donors (Lipinski definition) is 1. The number of ether oxygens (including phenoxy) is 3. The Hall–Kier alpha value is -4.24. The van der Waals surface area contributed by atoms with Gasteiger partial charge in [-0.05, 0) is 47.4 Å². The van der Waals surface area contributed by atoms with E-state index in [0.717, 1.165) is 21.9 Å². The van der Waals surface area contributed by atoms with E-state index in [4.69, 9.17) is 19.9 Å². The summed E-state index contributed by atoms with van der Waals surface area (Å²) in [7, 11) is 0. The van der Waals surface area contributed by atoms with E-state index in [0.29, 0.717) is 55.3 Å². The molecule has 3 aromatic carbocycles. The molecular formula is C29H26N2O4. The number of ketones is 1. The quantitative estimate of drug-likeness (QED) is 0.506. The Morgan fingerprint density at radius 3 is 2.71 bits per heavy atom. The number of carbonyl (C=O) groups excluding carboxylic acids is 1. The van der Waals surface area contributed by atoms with Gasteiger partial charge in [0, 0.05) is 18.4 Å². The van der Waals surface area contributed by atoms with Crippen LogP contribution >= 0.6 is 0 Å². The lowest BCUT2D eigenvalue weighted by atomic mass is 9.77. The minimum Gasteiger partial charge on any atom is -0.490 e. The molecule has 0 aromatic heterocycles. The lowest BCUT2D eigenvalue weighted by Crippen LogP contribution is -2.27. The molecule has 0 amide bonds. The van der Waals surface area contributed by atoms with Gasteiger partial charge in [-0.1, -0.05) is 48.5 Å². The maximum Gasteiger partial charge on any atom is 0.205 e. The van der Waals surface area contributed by atoms with Crippen molar-refractivity contribution in [3.8, 4) is 17.6 Å². The molecule has 3 aromatic rings. The lowest BCUT2D eigenvalue weighted by molar-refractivity contribution is -0.116. The highest BCUT2D eigenvalue weighted by atomic mass is 16.5. The smallest absolute Gasteiger partial charge is 0.205 e. The fourth-order valence-corrected chi connectivity index (χ4v) is 4.86. The van der Waals surface area contributed by atoms with Gasteiger partial charge in [0.05, 0.1) is 12.5 Å². The van der Waals surface area contributed by atoms with Crippen molar-refractivity contribution in [2.45, 2.75) is 38.7 Å². The normalized spacial score (nSPS) is 17.6. The molecule has 176 valence electrons. The number of rotatable bonds is 6. The molecule has 0 saturated heterocycles. The zero-order chi connectivity index (χ0) is 24.4. The van der Waals surface area contributed by atoms with Crippen LogP contribution in [0.1, 0.15) is 43.2 Å². The largest absolute Gasteiger partial charge is 0.490 e. The van der Waals surface area contributed by atoms with E-state index in [9.17, 15) is 10.1 Å². The predicted octanol–water partition coefficient (Wildman–Crippen LogP) is 5.63. The summed E-state index contributed by atoms with van der Waals surface area (Å²) in [5.41, 5.74) is 8.67. The molecule has 1 atom stereocenters. The zero-order valence-electron chi connectivity index (χ0n) is 19.5. The summed E-state index contributed by atoms with van der Waals surface area (Å²) in [5, 5.41) is 12.1. The summed E-state index contributed by atoms with van der Waals surface area (Å²) in [6.07, 6.45) is 1.77. The van der Waals surface area contributed by atoms with Crippen molar-refractivity contribution in [1.82, 2.24) is 0 Å². The van der Waals surface area contributed by atoms with Crippen LogP contribution in [-0.2, 0) is 16.1 Å². The van der Waals surface area contributed by atoms with E-state index in [1.54, 1.807) is 0 Å². The molecule has 0 saturated carbocycles. The minimum absolute atomic E-state index is 0.00857. The van der Waals surface area contributed by atoms with Crippen LogP contribution in [0.25, 0.3) is 10.8 Å². The number of nitrogens with zero attached hydrogens (tertiary/aromatic N) is 1. The molecule has 2 aliphatic rings. The first-order chi connectivity index (χ1) is 17.1. The predicted molar refractivity (Wildman–Crippen MR) is 132 cm³/mol. The van der Waals surface area contributed by atoms with E-state index >= 15 is 0 Å². The Morgan fingerprint density at radius 1 is 1.06 bits per heavy atom. The molecule has 6 heteroatoms. The number of benzene rings is 3. The first kappa shape index (κ1) is 22.5. The summed E-state index contributed by atoms with van der Waals surface area (Å²) in [4.78, 5) is 12.9. The number of allylic oxidation sites excluding steroid dienone is 3. The van der Waals surface area contributed by atoms with E-state index < -0.39 is 5.92 Å². The van der Waals surface area contributed by atoms with Crippen LogP contribution in [0.3, 0.4) is 0 Å². The molecule has 5 rings (SSSR count). The van der Waals surface area contributed by atoms with Gasteiger partial charge < -0.3 is 19.9 Å². The fourth-order valence-electron chi connectivity index (χ4n) is 4.86. The van der Waals surface area contributed by atoms with Gasteiger partial charge in [-0.2, -0.15) is 5.26 Å². The molecule has 0 spiro atoms. The summed E-state index contributed by atoms with van der Waals surface area (Å²) in [5.74, 6) is 1.18. The molecule has 0 unspecified atom stereocenters. The Morgan fingerprint density at radius 2 is 1.89 bits per heavy atom. The Labute approximate surface area is 204 Å². The van der Waals surface area contributed by atoms with Gasteiger partial charge in [0.25, 0.3) is 0 Å². The third-order valence-corrected chi connectivity index (χ3v) is 6.47. The minimum atomic E-state index is -0.581. The van der Waals surface area contributed by atoms with Gasteiger partial charge in [0.15, 0.2) is 17.3 Å². The maximum absolute atomic E-state index is 12.9. The number of Topliss-reactive ketones (excluding diaryl/α,β-unsaturated/α-hetero) is 1. The summed E-state index contributed by atoms with van der Waals surface area (Å²) < 4.78 is 17.8. The van der Waals surface area contributed by atoms with Gasteiger partial charge in [-0.3, -0.25) is 4.79 Å². The number of fused-ring (bicyclic) bond motifs is 1. The molecular weight excluding hydrogens is 440 g/mol. The van der Waals surface area contributed by atoms with Gasteiger partial charge in [0.1, 0.15) is 24.0 Å². The van der Waals surface area contributed by atoms with Crippen molar-refractivity contribution in [2.24, 2.45) is 5.73 Å².